The molecule has 0 amide bonds. The van der Waals surface area contributed by atoms with E-state index in [9.17, 15) is 0 Å². The second-order valence-electron chi connectivity index (χ2n) is 17.7. The maximum atomic E-state index is 6.70. The molecule has 0 atom stereocenters. The molecule has 0 spiro atoms. The molecule has 0 unspecified atom stereocenters. The van der Waals surface area contributed by atoms with Crippen LogP contribution in [0, 0.1) is 0 Å². The molecule has 0 fully saturated rings. The van der Waals surface area contributed by atoms with Crippen LogP contribution in [0.25, 0.3) is 144 Å². The predicted molar refractivity (Wildman–Crippen MR) is 285 cm³/mol. The van der Waals surface area contributed by atoms with Gasteiger partial charge in [0.25, 0.3) is 0 Å². The first kappa shape index (κ1) is 38.9. The third kappa shape index (κ3) is 6.40. The summed E-state index contributed by atoms with van der Waals surface area (Å²) in [7, 11) is 0. The van der Waals surface area contributed by atoms with Gasteiger partial charge in [-0.05, 0) is 73.3 Å². The van der Waals surface area contributed by atoms with Gasteiger partial charge in [0.1, 0.15) is 11.2 Å². The van der Waals surface area contributed by atoms with Crippen LogP contribution in [0.3, 0.4) is 0 Å². The number of para-hydroxylation sites is 2. The molecule has 0 N–H and O–H groups in total. The minimum absolute atomic E-state index is 0.593. The largest absolute Gasteiger partial charge is 0.456 e. The minimum Gasteiger partial charge on any atom is -0.456 e. The summed E-state index contributed by atoms with van der Waals surface area (Å²) in [5, 5.41) is 12.7. The Labute approximate surface area is 396 Å². The molecule has 5 heteroatoms. The van der Waals surface area contributed by atoms with E-state index in [4.69, 9.17) is 24.4 Å². The third-order valence-electron chi connectivity index (χ3n) is 13.7. The summed E-state index contributed by atoms with van der Waals surface area (Å²) in [6.45, 7) is 0. The molecule has 3 aromatic heterocycles. The van der Waals surface area contributed by atoms with E-state index in [-0.39, 0.29) is 0 Å². The van der Waals surface area contributed by atoms with Crippen molar-refractivity contribution in [2.45, 2.75) is 0 Å². The van der Waals surface area contributed by atoms with Gasteiger partial charge in [0, 0.05) is 54.7 Å². The van der Waals surface area contributed by atoms with Crippen molar-refractivity contribution in [3.8, 4) is 67.7 Å². The summed E-state index contributed by atoms with van der Waals surface area (Å²) in [4.78, 5) is 20.9. The van der Waals surface area contributed by atoms with Gasteiger partial charge in [-0.3, -0.25) is 0 Å². The van der Waals surface area contributed by atoms with E-state index in [1.807, 2.05) is 36.4 Å². The zero-order chi connectivity index (χ0) is 45.4. The Kier molecular flexibility index (Phi) is 8.83. The van der Waals surface area contributed by atoms with Crippen LogP contribution in [-0.4, -0.2) is 19.9 Å². The van der Waals surface area contributed by atoms with Crippen molar-refractivity contribution < 1.29 is 4.42 Å². The van der Waals surface area contributed by atoms with Crippen LogP contribution in [0.5, 0.6) is 0 Å². The van der Waals surface area contributed by atoms with E-state index >= 15 is 0 Å². The summed E-state index contributed by atoms with van der Waals surface area (Å²) in [5.41, 5.74) is 11.8. The number of furan rings is 1. The number of pyridine rings is 1. The molecule has 14 aromatic rings. The van der Waals surface area contributed by atoms with Gasteiger partial charge in [-0.1, -0.05) is 206 Å². The van der Waals surface area contributed by atoms with Crippen LogP contribution < -0.4 is 0 Å². The van der Waals surface area contributed by atoms with Gasteiger partial charge in [0.15, 0.2) is 17.5 Å². The monoisotopic (exact) mass is 878 g/mol. The highest BCUT2D eigenvalue weighted by atomic mass is 16.3. The number of aromatic nitrogens is 4. The molecule has 14 rings (SSSR count). The van der Waals surface area contributed by atoms with Gasteiger partial charge in [-0.15, -0.1) is 0 Å². The van der Waals surface area contributed by atoms with Crippen molar-refractivity contribution in [1.82, 2.24) is 19.9 Å². The van der Waals surface area contributed by atoms with Crippen LogP contribution >= 0.6 is 0 Å². The SMILES string of the molecule is c1ccc(-c2ccc(-c3c4c(cc5c(-c6ccc(-c7nc(-c8ccccc8)nc(-c8ccc9c%10ccccc%10c%10ccccc%10c9c8)n7)cc6)nc6ccccc6c35)oc3ccccc34)cc2)cc1. The molecule has 0 radical (unpaired) electrons. The van der Waals surface area contributed by atoms with Crippen LogP contribution in [0.1, 0.15) is 0 Å². The summed E-state index contributed by atoms with van der Waals surface area (Å²) in [6.07, 6.45) is 0. The molecule has 11 aromatic carbocycles. The maximum Gasteiger partial charge on any atom is 0.164 e. The van der Waals surface area contributed by atoms with Crippen molar-refractivity contribution >= 4 is 75.9 Å². The molecule has 3 heterocycles. The molecular formula is C64H38N4O. The summed E-state index contributed by atoms with van der Waals surface area (Å²) in [6, 6.07) is 81.0. The van der Waals surface area contributed by atoms with Crippen LogP contribution in [0.15, 0.2) is 235 Å². The predicted octanol–water partition coefficient (Wildman–Crippen LogP) is 16.9. The number of fused-ring (bicyclic) bond motifs is 12. The lowest BCUT2D eigenvalue weighted by Gasteiger charge is -2.16. The van der Waals surface area contributed by atoms with E-state index in [2.05, 4.69) is 194 Å². The Morgan fingerprint density at radius 2 is 0.696 bits per heavy atom. The minimum atomic E-state index is 0.593. The van der Waals surface area contributed by atoms with Gasteiger partial charge in [-0.25, -0.2) is 19.9 Å². The molecule has 5 nitrogen and oxygen atoms in total. The molecule has 320 valence electrons. The first-order valence-corrected chi connectivity index (χ1v) is 23.3. The highest BCUT2D eigenvalue weighted by molar-refractivity contribution is 6.28. The zero-order valence-corrected chi connectivity index (χ0v) is 37.1. The van der Waals surface area contributed by atoms with Crippen molar-refractivity contribution in [3.05, 3.63) is 231 Å². The van der Waals surface area contributed by atoms with Crippen molar-refractivity contribution in [2.75, 3.05) is 0 Å². The average Bonchev–Trinajstić information content (AvgIpc) is 3.81. The number of rotatable bonds is 6. The number of benzene rings is 11. The lowest BCUT2D eigenvalue weighted by atomic mass is 9.89. The standard InChI is InChI=1S/C64H38N4O/c1-3-15-39(16-4-1)40-27-29-41(30-28-40)58-59-51-23-11-13-25-55(51)65-61(54(59)38-57-60(58)52-24-12-14-26-56(52)69-57)42-31-33-44(34-32-42)63-66-62(43-17-5-2-6-18-43)67-64(68-63)45-35-36-50-48-21-8-7-19-46(48)47-20-9-10-22-49(47)53(50)37-45/h1-38H. The topological polar surface area (TPSA) is 64.7 Å². The Hall–Kier alpha value is -9.32. The Bertz CT molecular complexity index is 4300. The second kappa shape index (κ2) is 15.7. The highest BCUT2D eigenvalue weighted by Crippen LogP contribution is 2.47. The molecule has 69 heavy (non-hydrogen) atoms. The summed E-state index contributed by atoms with van der Waals surface area (Å²) < 4.78 is 6.70. The van der Waals surface area contributed by atoms with Crippen LogP contribution in [0.4, 0.5) is 0 Å². The smallest absolute Gasteiger partial charge is 0.164 e. The van der Waals surface area contributed by atoms with Gasteiger partial charge < -0.3 is 4.42 Å². The fourth-order valence-electron chi connectivity index (χ4n) is 10.5. The molecule has 0 aliphatic rings. The van der Waals surface area contributed by atoms with Crippen LogP contribution in [0.2, 0.25) is 0 Å². The second-order valence-corrected chi connectivity index (χ2v) is 17.7. The molecule has 0 aliphatic carbocycles. The normalized spacial score (nSPS) is 11.8. The van der Waals surface area contributed by atoms with E-state index in [0.29, 0.717) is 17.5 Å². The van der Waals surface area contributed by atoms with E-state index in [1.54, 1.807) is 0 Å². The number of hydrogen-bond acceptors (Lipinski definition) is 5. The molecular weight excluding hydrogens is 841 g/mol. The first-order chi connectivity index (χ1) is 34.2. The highest BCUT2D eigenvalue weighted by Gasteiger charge is 2.22. The lowest BCUT2D eigenvalue weighted by Crippen LogP contribution is -2.00. The summed E-state index contributed by atoms with van der Waals surface area (Å²) >= 11 is 0. The Balaban J connectivity index is 0.944. The van der Waals surface area contributed by atoms with Crippen LogP contribution in [-0.2, 0) is 0 Å². The van der Waals surface area contributed by atoms with E-state index in [1.165, 1.54) is 38.1 Å². The Morgan fingerprint density at radius 1 is 0.246 bits per heavy atom. The molecule has 0 aliphatic heterocycles. The number of hydrogen-bond donors (Lipinski definition) is 0. The zero-order valence-electron chi connectivity index (χ0n) is 37.1. The summed E-state index contributed by atoms with van der Waals surface area (Å²) in [5.74, 6) is 1.82. The van der Waals surface area contributed by atoms with E-state index < -0.39 is 0 Å². The van der Waals surface area contributed by atoms with Crippen molar-refractivity contribution in [1.29, 1.82) is 0 Å². The van der Waals surface area contributed by atoms with Gasteiger partial charge >= 0.3 is 0 Å². The average molecular weight is 879 g/mol. The van der Waals surface area contributed by atoms with Crippen molar-refractivity contribution in [2.24, 2.45) is 0 Å². The number of nitrogens with zero attached hydrogens (tertiary/aromatic N) is 4. The van der Waals surface area contributed by atoms with Gasteiger partial charge in [0.05, 0.1) is 11.2 Å². The van der Waals surface area contributed by atoms with Crippen molar-refractivity contribution in [3.63, 3.8) is 0 Å². The van der Waals surface area contributed by atoms with E-state index in [0.717, 1.165) is 88.1 Å². The fraction of sp³-hybridized carbons (Fsp3) is 0. The van der Waals surface area contributed by atoms with Gasteiger partial charge in [0.2, 0.25) is 0 Å². The first-order valence-electron chi connectivity index (χ1n) is 23.3. The quantitative estimate of drug-likeness (QED) is 0.156. The maximum absolute atomic E-state index is 6.70. The van der Waals surface area contributed by atoms with Gasteiger partial charge in [-0.2, -0.15) is 0 Å². The molecule has 0 saturated carbocycles. The fourth-order valence-corrected chi connectivity index (χ4v) is 10.5. The lowest BCUT2D eigenvalue weighted by molar-refractivity contribution is 0.669. The molecule has 0 bridgehead atoms. The Morgan fingerprint density at radius 3 is 1.36 bits per heavy atom. The third-order valence-corrected chi connectivity index (χ3v) is 13.7. The molecule has 0 saturated heterocycles.